The number of ether oxygens (including phenoxy) is 2. The van der Waals surface area contributed by atoms with Crippen molar-refractivity contribution in [3.8, 4) is 5.75 Å². The third-order valence-corrected chi connectivity index (χ3v) is 7.56. The van der Waals surface area contributed by atoms with Crippen molar-refractivity contribution in [3.05, 3.63) is 101 Å². The number of esters is 1. The van der Waals surface area contributed by atoms with Crippen LogP contribution in [0.3, 0.4) is 0 Å². The van der Waals surface area contributed by atoms with Crippen LogP contribution in [0.4, 0.5) is 5.13 Å². The lowest BCUT2D eigenvalue weighted by Gasteiger charge is -2.24. The van der Waals surface area contributed by atoms with Crippen molar-refractivity contribution in [3.63, 3.8) is 0 Å². The number of benzene rings is 3. The Morgan fingerprint density at radius 3 is 2.51 bits per heavy atom. The maximum absolute atomic E-state index is 13.8. The van der Waals surface area contributed by atoms with Gasteiger partial charge in [-0.15, -0.1) is 0 Å². The molecule has 0 aliphatic carbocycles. The number of furan rings is 1. The van der Waals surface area contributed by atoms with Crippen LogP contribution >= 0.6 is 11.3 Å². The molecule has 0 saturated carbocycles. The van der Waals surface area contributed by atoms with E-state index in [0.29, 0.717) is 33.4 Å². The van der Waals surface area contributed by atoms with Gasteiger partial charge in [0.25, 0.3) is 5.91 Å². The van der Waals surface area contributed by atoms with Crippen LogP contribution in [0.1, 0.15) is 32.5 Å². The van der Waals surface area contributed by atoms with Crippen molar-refractivity contribution in [1.82, 2.24) is 4.98 Å². The largest absolute Gasteiger partial charge is 0.503 e. The SMILES string of the molecule is COC(=O)c1ccc(C2C(C(=O)c3cc4ccccc4o3)=C(O)C(=O)N2c2nc3ccc(OC)cc3s2)cc1. The van der Waals surface area contributed by atoms with Gasteiger partial charge in [0.05, 0.1) is 41.6 Å². The highest BCUT2D eigenvalue weighted by Gasteiger charge is 2.46. The average Bonchev–Trinajstić information content (AvgIpc) is 3.66. The molecule has 0 bridgehead atoms. The smallest absolute Gasteiger partial charge is 0.337 e. The van der Waals surface area contributed by atoms with Crippen LogP contribution in [-0.4, -0.2) is 42.0 Å². The van der Waals surface area contributed by atoms with E-state index in [1.165, 1.54) is 35.5 Å². The van der Waals surface area contributed by atoms with Crippen molar-refractivity contribution in [1.29, 1.82) is 0 Å². The second kappa shape index (κ2) is 9.41. The first-order chi connectivity index (χ1) is 18.9. The molecule has 3 aromatic carbocycles. The maximum atomic E-state index is 13.8. The number of methoxy groups -OCH3 is 2. The molecule has 1 atom stereocenters. The number of carbonyl (C=O) groups is 3. The summed E-state index contributed by atoms with van der Waals surface area (Å²) in [5.74, 6) is -2.02. The van der Waals surface area contributed by atoms with Gasteiger partial charge in [-0.25, -0.2) is 9.78 Å². The summed E-state index contributed by atoms with van der Waals surface area (Å²) in [6.45, 7) is 0. The third-order valence-electron chi connectivity index (χ3n) is 6.54. The number of ketones is 1. The Morgan fingerprint density at radius 2 is 1.79 bits per heavy atom. The number of Topliss-reactive ketones (excluding diaryl/α,β-unsaturated/α-hetero) is 1. The van der Waals surface area contributed by atoms with E-state index in [9.17, 15) is 19.5 Å². The number of hydrogen-bond donors (Lipinski definition) is 1. The minimum absolute atomic E-state index is 0.0161. The maximum Gasteiger partial charge on any atom is 0.337 e. The summed E-state index contributed by atoms with van der Waals surface area (Å²) in [5.41, 5.74) is 1.75. The molecule has 1 amide bonds. The summed E-state index contributed by atoms with van der Waals surface area (Å²) >= 11 is 1.22. The van der Waals surface area contributed by atoms with Crippen LogP contribution < -0.4 is 9.64 Å². The molecule has 0 radical (unpaired) electrons. The molecular formula is C29H20N2O7S. The Labute approximate surface area is 225 Å². The normalized spacial score (nSPS) is 15.4. The molecule has 9 nitrogen and oxygen atoms in total. The van der Waals surface area contributed by atoms with E-state index in [4.69, 9.17) is 13.9 Å². The van der Waals surface area contributed by atoms with Crippen molar-refractivity contribution in [2.75, 3.05) is 19.1 Å². The zero-order valence-corrected chi connectivity index (χ0v) is 21.5. The summed E-state index contributed by atoms with van der Waals surface area (Å²) in [4.78, 5) is 45.3. The number of fused-ring (bicyclic) bond motifs is 2. The predicted molar refractivity (Wildman–Crippen MR) is 144 cm³/mol. The topological polar surface area (TPSA) is 119 Å². The molecule has 1 aliphatic rings. The highest BCUT2D eigenvalue weighted by Crippen LogP contribution is 2.45. The van der Waals surface area contributed by atoms with E-state index >= 15 is 0 Å². The van der Waals surface area contributed by atoms with Crippen LogP contribution in [0.2, 0.25) is 0 Å². The van der Waals surface area contributed by atoms with E-state index in [1.54, 1.807) is 61.7 Å². The summed E-state index contributed by atoms with van der Waals surface area (Å²) in [5, 5.41) is 12.1. The minimum atomic E-state index is -1.03. The molecule has 39 heavy (non-hydrogen) atoms. The van der Waals surface area contributed by atoms with Crippen molar-refractivity contribution in [2.45, 2.75) is 6.04 Å². The fourth-order valence-corrected chi connectivity index (χ4v) is 5.64. The molecule has 0 fully saturated rings. The number of aliphatic hydroxyl groups is 1. The van der Waals surface area contributed by atoms with Gasteiger partial charge in [0, 0.05) is 5.39 Å². The molecule has 3 heterocycles. The van der Waals surface area contributed by atoms with Crippen LogP contribution in [0.25, 0.3) is 21.2 Å². The van der Waals surface area contributed by atoms with E-state index in [2.05, 4.69) is 4.98 Å². The number of rotatable bonds is 6. The van der Waals surface area contributed by atoms with E-state index in [1.807, 2.05) is 6.07 Å². The van der Waals surface area contributed by atoms with Gasteiger partial charge in [-0.05, 0) is 48.0 Å². The van der Waals surface area contributed by atoms with Gasteiger partial charge in [-0.3, -0.25) is 14.5 Å². The monoisotopic (exact) mass is 540 g/mol. The molecular weight excluding hydrogens is 520 g/mol. The number of thiazole rings is 1. The lowest BCUT2D eigenvalue weighted by Crippen LogP contribution is -2.31. The van der Waals surface area contributed by atoms with Crippen molar-refractivity contribution >= 4 is 55.3 Å². The Hall–Kier alpha value is -4.96. The number of carbonyl (C=O) groups excluding carboxylic acids is 3. The summed E-state index contributed by atoms with van der Waals surface area (Å²) in [6.07, 6.45) is 0. The van der Waals surface area contributed by atoms with E-state index in [0.717, 1.165) is 4.70 Å². The van der Waals surface area contributed by atoms with Gasteiger partial charge in [0.1, 0.15) is 11.3 Å². The fourth-order valence-electron chi connectivity index (χ4n) is 4.62. The Morgan fingerprint density at radius 1 is 1.03 bits per heavy atom. The van der Waals surface area contributed by atoms with Gasteiger partial charge in [0.2, 0.25) is 5.78 Å². The van der Waals surface area contributed by atoms with Gasteiger partial charge >= 0.3 is 5.97 Å². The minimum Gasteiger partial charge on any atom is -0.503 e. The van der Waals surface area contributed by atoms with Crippen LogP contribution in [-0.2, 0) is 9.53 Å². The molecule has 5 aromatic rings. The molecule has 1 unspecified atom stereocenters. The lowest BCUT2D eigenvalue weighted by atomic mass is 9.94. The fraction of sp³-hybridized carbons (Fsp3) is 0.103. The molecule has 1 aliphatic heterocycles. The quantitative estimate of drug-likeness (QED) is 0.218. The third kappa shape index (κ3) is 4.02. The first-order valence-electron chi connectivity index (χ1n) is 11.8. The second-order valence-corrected chi connectivity index (χ2v) is 9.77. The van der Waals surface area contributed by atoms with Crippen LogP contribution in [0.15, 0.2) is 88.5 Å². The van der Waals surface area contributed by atoms with Crippen molar-refractivity contribution in [2.24, 2.45) is 0 Å². The van der Waals surface area contributed by atoms with Crippen molar-refractivity contribution < 1.29 is 33.4 Å². The van der Waals surface area contributed by atoms with Gasteiger partial charge in [-0.1, -0.05) is 41.7 Å². The van der Waals surface area contributed by atoms with Gasteiger partial charge < -0.3 is 19.0 Å². The number of para-hydroxylation sites is 1. The molecule has 194 valence electrons. The average molecular weight is 541 g/mol. The summed E-state index contributed by atoms with van der Waals surface area (Å²) in [6, 6.07) is 19.3. The molecule has 1 N–H and O–H groups in total. The lowest BCUT2D eigenvalue weighted by molar-refractivity contribution is -0.117. The van der Waals surface area contributed by atoms with Gasteiger partial charge in [-0.2, -0.15) is 0 Å². The number of hydrogen-bond acceptors (Lipinski definition) is 9. The number of anilines is 1. The Kier molecular flexibility index (Phi) is 5.88. The van der Waals surface area contributed by atoms with Crippen LogP contribution in [0.5, 0.6) is 5.75 Å². The zero-order chi connectivity index (χ0) is 27.3. The Bertz CT molecular complexity index is 1780. The highest BCUT2D eigenvalue weighted by atomic mass is 32.1. The molecule has 10 heteroatoms. The number of aromatic nitrogens is 1. The summed E-state index contributed by atoms with van der Waals surface area (Å²) < 4.78 is 16.6. The van der Waals surface area contributed by atoms with E-state index < -0.39 is 29.5 Å². The van der Waals surface area contributed by atoms with Crippen LogP contribution in [0, 0.1) is 0 Å². The predicted octanol–water partition coefficient (Wildman–Crippen LogP) is 5.62. The molecule has 0 spiro atoms. The summed E-state index contributed by atoms with van der Waals surface area (Å²) in [7, 11) is 2.83. The zero-order valence-electron chi connectivity index (χ0n) is 20.7. The first-order valence-corrected chi connectivity index (χ1v) is 12.6. The van der Waals surface area contributed by atoms with Gasteiger partial charge in [0.15, 0.2) is 16.7 Å². The Balaban J connectivity index is 1.49. The van der Waals surface area contributed by atoms with E-state index in [-0.39, 0.29) is 16.5 Å². The second-order valence-electron chi connectivity index (χ2n) is 8.76. The number of amides is 1. The molecule has 0 saturated heterocycles. The molecule has 6 rings (SSSR count). The first kappa shape index (κ1) is 24.4. The highest BCUT2D eigenvalue weighted by molar-refractivity contribution is 7.22. The number of nitrogens with zero attached hydrogens (tertiary/aromatic N) is 2. The standard InChI is InChI=1S/C29H20N2O7S/c1-36-18-11-12-19-22(14-18)39-29(30-19)31-24(15-7-9-16(10-8-15)28(35)37-2)23(26(33)27(31)34)25(32)21-13-17-5-3-4-6-20(17)38-21/h3-14,24,33H,1-2H3. The number of aliphatic hydroxyl groups excluding tert-OH is 1. The molecule has 2 aromatic heterocycles.